The third kappa shape index (κ3) is 4.39. The summed E-state index contributed by atoms with van der Waals surface area (Å²) < 4.78 is 10.5. The number of benzene rings is 2. The molecule has 0 aliphatic carbocycles. The molecule has 0 spiro atoms. The Morgan fingerprint density at radius 1 is 1.10 bits per heavy atom. The van der Waals surface area contributed by atoms with Crippen molar-refractivity contribution < 1.29 is 9.47 Å². The topological polar surface area (TPSA) is 42.8 Å². The number of hydrogen-bond donors (Lipinski definition) is 1. The van der Waals surface area contributed by atoms with Gasteiger partial charge in [0.15, 0.2) is 0 Å². The van der Waals surface area contributed by atoms with Crippen LogP contribution in [0.2, 0.25) is 5.02 Å². The minimum absolute atomic E-state index is 0.631. The van der Waals surface area contributed by atoms with E-state index in [1.807, 2.05) is 42.5 Å². The Morgan fingerprint density at radius 2 is 1.86 bits per heavy atom. The summed E-state index contributed by atoms with van der Waals surface area (Å²) in [5.74, 6) is 1.46. The molecule has 0 radical (unpaired) electrons. The third-order valence-electron chi connectivity index (χ3n) is 2.93. The van der Waals surface area contributed by atoms with Crippen LogP contribution in [-0.2, 0) is 6.54 Å². The van der Waals surface area contributed by atoms with Gasteiger partial charge in [0.1, 0.15) is 11.5 Å². The molecule has 2 aromatic carbocycles. The average molecular weight is 305 g/mol. The first-order chi connectivity index (χ1) is 10.2. The van der Waals surface area contributed by atoms with Crippen molar-refractivity contribution in [2.75, 3.05) is 14.2 Å². The fourth-order valence-corrected chi connectivity index (χ4v) is 1.91. The van der Waals surface area contributed by atoms with Crippen molar-refractivity contribution in [3.63, 3.8) is 0 Å². The Labute approximate surface area is 129 Å². The zero-order chi connectivity index (χ0) is 15.1. The van der Waals surface area contributed by atoms with Crippen LogP contribution in [0.25, 0.3) is 0 Å². The lowest BCUT2D eigenvalue weighted by Crippen LogP contribution is -2.05. The lowest BCUT2D eigenvalue weighted by molar-refractivity contribution is 0.394. The van der Waals surface area contributed by atoms with Gasteiger partial charge in [-0.2, -0.15) is 5.10 Å². The molecule has 0 saturated heterocycles. The smallest absolute Gasteiger partial charge is 0.131 e. The summed E-state index contributed by atoms with van der Waals surface area (Å²) in [5.41, 5.74) is 4.98. The normalized spacial score (nSPS) is 10.6. The van der Waals surface area contributed by atoms with E-state index >= 15 is 0 Å². The molecule has 0 bridgehead atoms. The van der Waals surface area contributed by atoms with E-state index in [1.54, 1.807) is 20.4 Å². The number of hydrazone groups is 1. The molecular formula is C16H17ClN2O2. The van der Waals surface area contributed by atoms with Crippen molar-refractivity contribution in [3.8, 4) is 11.5 Å². The summed E-state index contributed by atoms with van der Waals surface area (Å²) in [6.45, 7) is 0.631. The summed E-state index contributed by atoms with van der Waals surface area (Å²) in [4.78, 5) is 0. The van der Waals surface area contributed by atoms with Crippen LogP contribution in [0.3, 0.4) is 0 Å². The second-order valence-corrected chi connectivity index (χ2v) is 4.76. The zero-order valence-electron chi connectivity index (χ0n) is 12.0. The van der Waals surface area contributed by atoms with Gasteiger partial charge in [0.25, 0.3) is 0 Å². The molecule has 0 saturated carbocycles. The monoisotopic (exact) mass is 304 g/mol. The predicted molar refractivity (Wildman–Crippen MR) is 85.4 cm³/mol. The van der Waals surface area contributed by atoms with Gasteiger partial charge >= 0.3 is 0 Å². The second-order valence-electron chi connectivity index (χ2n) is 4.33. The number of nitrogens with zero attached hydrogens (tertiary/aromatic N) is 1. The van der Waals surface area contributed by atoms with Crippen LogP contribution in [0.1, 0.15) is 11.1 Å². The fourth-order valence-electron chi connectivity index (χ4n) is 1.78. The fraction of sp³-hybridized carbons (Fsp3) is 0.188. The molecule has 21 heavy (non-hydrogen) atoms. The van der Waals surface area contributed by atoms with E-state index < -0.39 is 0 Å². The van der Waals surface area contributed by atoms with Crippen LogP contribution in [0.15, 0.2) is 47.6 Å². The van der Waals surface area contributed by atoms with Gasteiger partial charge in [0.2, 0.25) is 0 Å². The summed E-state index contributed by atoms with van der Waals surface area (Å²) in [5, 5.41) is 4.92. The molecule has 2 aromatic rings. The number of hydrogen-bond acceptors (Lipinski definition) is 4. The Bertz CT molecular complexity index is 612. The minimum atomic E-state index is 0.631. The molecule has 0 unspecified atom stereocenters. The van der Waals surface area contributed by atoms with Gasteiger partial charge in [-0.15, -0.1) is 0 Å². The molecule has 1 N–H and O–H groups in total. The molecule has 4 nitrogen and oxygen atoms in total. The highest BCUT2D eigenvalue weighted by Crippen LogP contribution is 2.22. The number of rotatable bonds is 6. The van der Waals surface area contributed by atoms with Gasteiger partial charge in [-0.3, -0.25) is 0 Å². The van der Waals surface area contributed by atoms with Gasteiger partial charge in [0.05, 0.1) is 27.0 Å². The van der Waals surface area contributed by atoms with E-state index in [2.05, 4.69) is 10.5 Å². The van der Waals surface area contributed by atoms with Crippen LogP contribution in [0, 0.1) is 0 Å². The number of halogens is 1. The molecule has 0 aliphatic rings. The van der Waals surface area contributed by atoms with Crippen LogP contribution in [-0.4, -0.2) is 20.4 Å². The molecule has 0 atom stereocenters. The first kappa shape index (κ1) is 15.2. The van der Waals surface area contributed by atoms with Crippen molar-refractivity contribution in [2.24, 2.45) is 5.10 Å². The van der Waals surface area contributed by atoms with E-state index in [1.165, 1.54) is 0 Å². The maximum absolute atomic E-state index is 5.84. The van der Waals surface area contributed by atoms with E-state index in [0.717, 1.165) is 21.9 Å². The first-order valence-electron chi connectivity index (χ1n) is 6.45. The van der Waals surface area contributed by atoms with Crippen molar-refractivity contribution in [1.29, 1.82) is 0 Å². The molecule has 0 fully saturated rings. The Hall–Kier alpha value is -2.20. The van der Waals surface area contributed by atoms with Gasteiger partial charge in [0, 0.05) is 16.7 Å². The van der Waals surface area contributed by atoms with E-state index in [0.29, 0.717) is 12.3 Å². The van der Waals surface area contributed by atoms with Crippen molar-refractivity contribution in [3.05, 3.63) is 58.6 Å². The molecular weight excluding hydrogens is 288 g/mol. The van der Waals surface area contributed by atoms with E-state index in [4.69, 9.17) is 21.1 Å². The molecule has 0 amide bonds. The Morgan fingerprint density at radius 3 is 2.52 bits per heavy atom. The largest absolute Gasteiger partial charge is 0.497 e. The number of nitrogens with one attached hydrogen (secondary N) is 1. The van der Waals surface area contributed by atoms with Gasteiger partial charge in [-0.25, -0.2) is 0 Å². The van der Waals surface area contributed by atoms with Crippen molar-refractivity contribution in [1.82, 2.24) is 5.43 Å². The highest BCUT2D eigenvalue weighted by Gasteiger charge is 2.02. The maximum atomic E-state index is 5.84. The molecule has 0 aromatic heterocycles. The van der Waals surface area contributed by atoms with Gasteiger partial charge < -0.3 is 14.9 Å². The standard InChI is InChI=1S/C16H17ClN2O2/c1-20-15-8-5-13(16(9-15)21-2)11-19-18-10-12-3-6-14(17)7-4-12/h3-9,11,18H,10H2,1-2H3/b19-11-. The van der Waals surface area contributed by atoms with E-state index in [-0.39, 0.29) is 0 Å². The molecule has 0 aliphatic heterocycles. The lowest BCUT2D eigenvalue weighted by Gasteiger charge is -2.07. The maximum Gasteiger partial charge on any atom is 0.131 e. The van der Waals surface area contributed by atoms with Crippen LogP contribution in [0.5, 0.6) is 11.5 Å². The minimum Gasteiger partial charge on any atom is -0.497 e. The zero-order valence-corrected chi connectivity index (χ0v) is 12.7. The number of methoxy groups -OCH3 is 2. The Balaban J connectivity index is 1.96. The summed E-state index contributed by atoms with van der Waals surface area (Å²) >= 11 is 5.84. The van der Waals surface area contributed by atoms with Gasteiger partial charge in [-0.05, 0) is 29.8 Å². The van der Waals surface area contributed by atoms with Crippen LogP contribution < -0.4 is 14.9 Å². The Kier molecular flexibility index (Phi) is 5.46. The summed E-state index contributed by atoms with van der Waals surface area (Å²) in [6, 6.07) is 13.2. The van der Waals surface area contributed by atoms with Crippen molar-refractivity contribution in [2.45, 2.75) is 6.54 Å². The molecule has 5 heteroatoms. The summed E-state index contributed by atoms with van der Waals surface area (Å²) in [7, 11) is 3.24. The third-order valence-corrected chi connectivity index (χ3v) is 3.18. The highest BCUT2D eigenvalue weighted by atomic mass is 35.5. The summed E-state index contributed by atoms with van der Waals surface area (Å²) in [6.07, 6.45) is 1.72. The predicted octanol–water partition coefficient (Wildman–Crippen LogP) is 3.48. The lowest BCUT2D eigenvalue weighted by atomic mass is 10.2. The first-order valence-corrected chi connectivity index (χ1v) is 6.83. The van der Waals surface area contributed by atoms with E-state index in [9.17, 15) is 0 Å². The molecule has 110 valence electrons. The SMILES string of the molecule is COc1ccc(/C=N\NCc2ccc(Cl)cc2)c(OC)c1. The average Bonchev–Trinajstić information content (AvgIpc) is 2.53. The number of ether oxygens (including phenoxy) is 2. The van der Waals surface area contributed by atoms with Gasteiger partial charge in [-0.1, -0.05) is 23.7 Å². The molecule has 0 heterocycles. The highest BCUT2D eigenvalue weighted by molar-refractivity contribution is 6.30. The van der Waals surface area contributed by atoms with Crippen LogP contribution >= 0.6 is 11.6 Å². The second kappa shape index (κ2) is 7.55. The van der Waals surface area contributed by atoms with Crippen LogP contribution in [0.4, 0.5) is 0 Å². The van der Waals surface area contributed by atoms with Crippen molar-refractivity contribution >= 4 is 17.8 Å². The molecule has 2 rings (SSSR count). The quantitative estimate of drug-likeness (QED) is 0.656.